The summed E-state index contributed by atoms with van der Waals surface area (Å²) < 4.78 is 27.1. The molecule has 5 nitrogen and oxygen atoms in total. The molecule has 0 radical (unpaired) electrons. The minimum atomic E-state index is -0.856. The van der Waals surface area contributed by atoms with Gasteiger partial charge in [0, 0.05) is 36.1 Å². The van der Waals surface area contributed by atoms with Crippen molar-refractivity contribution in [2.75, 3.05) is 23.3 Å². The van der Waals surface area contributed by atoms with Crippen molar-refractivity contribution >= 4 is 34.9 Å². The third-order valence-electron chi connectivity index (χ3n) is 4.10. The Bertz CT molecular complexity index is 809. The van der Waals surface area contributed by atoms with Gasteiger partial charge in [-0.3, -0.25) is 4.79 Å². The number of hydrogen-bond acceptors (Lipinski definition) is 2. The summed E-state index contributed by atoms with van der Waals surface area (Å²) >= 11 is 5.85. The summed E-state index contributed by atoms with van der Waals surface area (Å²) in [4.78, 5) is 25.7. The lowest BCUT2D eigenvalue weighted by Crippen LogP contribution is -2.34. The van der Waals surface area contributed by atoms with Gasteiger partial charge in [-0.25, -0.2) is 13.6 Å². The lowest BCUT2D eigenvalue weighted by atomic mass is 10.1. The number of nitrogens with zero attached hydrogens (tertiary/aromatic N) is 1. The zero-order valence-electron chi connectivity index (χ0n) is 13.6. The number of hydrogen-bond donors (Lipinski definition) is 2. The monoisotopic (exact) mass is 379 g/mol. The first-order chi connectivity index (χ1) is 12.4. The van der Waals surface area contributed by atoms with Gasteiger partial charge >= 0.3 is 6.03 Å². The average Bonchev–Trinajstić information content (AvgIpc) is 2.98. The number of para-hydroxylation sites is 1. The standard InChI is InChI=1S/C18H16ClF2N3O2/c19-12-4-6-13(7-5-12)24-10-11(8-16(24)25)9-22-18(26)23-17-14(20)2-1-3-15(17)21/h1-7,11H,8-10H2,(H2,22,23,26)/t11-/m1/s1. The summed E-state index contributed by atoms with van der Waals surface area (Å²) in [5.74, 6) is -1.87. The highest BCUT2D eigenvalue weighted by molar-refractivity contribution is 6.30. The zero-order valence-corrected chi connectivity index (χ0v) is 14.4. The number of benzene rings is 2. The first-order valence-electron chi connectivity index (χ1n) is 7.99. The van der Waals surface area contributed by atoms with Crippen LogP contribution in [0.1, 0.15) is 6.42 Å². The van der Waals surface area contributed by atoms with Crippen molar-refractivity contribution in [3.8, 4) is 0 Å². The number of carbonyl (C=O) groups excluding carboxylic acids is 2. The van der Waals surface area contributed by atoms with E-state index in [0.717, 1.165) is 17.8 Å². The van der Waals surface area contributed by atoms with Crippen LogP contribution in [-0.2, 0) is 4.79 Å². The quantitative estimate of drug-likeness (QED) is 0.849. The van der Waals surface area contributed by atoms with Gasteiger partial charge in [-0.15, -0.1) is 0 Å². The van der Waals surface area contributed by atoms with E-state index in [1.165, 1.54) is 6.07 Å². The fraction of sp³-hybridized carbons (Fsp3) is 0.222. The normalized spacial score (nSPS) is 16.7. The number of urea groups is 1. The van der Waals surface area contributed by atoms with Gasteiger partial charge in [-0.1, -0.05) is 17.7 Å². The van der Waals surface area contributed by atoms with Crippen LogP contribution in [0.15, 0.2) is 42.5 Å². The van der Waals surface area contributed by atoms with Crippen molar-refractivity contribution < 1.29 is 18.4 Å². The molecule has 3 rings (SSSR count). The van der Waals surface area contributed by atoms with Gasteiger partial charge in [0.2, 0.25) is 5.91 Å². The SMILES string of the molecule is O=C(NC[C@H]1CC(=O)N(c2ccc(Cl)cc2)C1)Nc1c(F)cccc1F. The van der Waals surface area contributed by atoms with Crippen LogP contribution < -0.4 is 15.5 Å². The van der Waals surface area contributed by atoms with Crippen LogP contribution in [0.4, 0.5) is 25.0 Å². The third kappa shape index (κ3) is 4.11. The van der Waals surface area contributed by atoms with Gasteiger partial charge in [0.15, 0.2) is 0 Å². The van der Waals surface area contributed by atoms with Crippen LogP contribution in [0, 0.1) is 17.6 Å². The maximum absolute atomic E-state index is 13.5. The highest BCUT2D eigenvalue weighted by Crippen LogP contribution is 2.26. The zero-order chi connectivity index (χ0) is 18.7. The number of anilines is 2. The lowest BCUT2D eigenvalue weighted by Gasteiger charge is -2.17. The van der Waals surface area contributed by atoms with E-state index in [9.17, 15) is 18.4 Å². The van der Waals surface area contributed by atoms with E-state index in [1.54, 1.807) is 29.2 Å². The lowest BCUT2D eigenvalue weighted by molar-refractivity contribution is -0.117. The van der Waals surface area contributed by atoms with E-state index in [1.807, 2.05) is 0 Å². The molecule has 26 heavy (non-hydrogen) atoms. The van der Waals surface area contributed by atoms with Gasteiger partial charge in [0.05, 0.1) is 0 Å². The van der Waals surface area contributed by atoms with E-state index >= 15 is 0 Å². The van der Waals surface area contributed by atoms with Crippen molar-refractivity contribution in [2.45, 2.75) is 6.42 Å². The summed E-state index contributed by atoms with van der Waals surface area (Å²) in [6, 6.07) is 9.50. The second-order valence-electron chi connectivity index (χ2n) is 5.98. The Balaban J connectivity index is 1.54. The molecule has 1 fully saturated rings. The maximum atomic E-state index is 13.5. The summed E-state index contributed by atoms with van der Waals surface area (Å²) in [6.07, 6.45) is 0.275. The van der Waals surface area contributed by atoms with Crippen molar-refractivity contribution in [2.24, 2.45) is 5.92 Å². The van der Waals surface area contributed by atoms with Crippen molar-refractivity contribution in [3.05, 3.63) is 59.1 Å². The van der Waals surface area contributed by atoms with Crippen LogP contribution >= 0.6 is 11.6 Å². The predicted octanol–water partition coefficient (Wildman–Crippen LogP) is 3.79. The number of nitrogens with one attached hydrogen (secondary N) is 2. The van der Waals surface area contributed by atoms with E-state index in [0.29, 0.717) is 11.6 Å². The topological polar surface area (TPSA) is 61.4 Å². The molecule has 0 aromatic heterocycles. The molecule has 1 aliphatic heterocycles. The molecule has 136 valence electrons. The molecule has 3 amide bonds. The molecule has 1 atom stereocenters. The number of halogens is 3. The van der Waals surface area contributed by atoms with Gasteiger partial charge in [-0.05, 0) is 36.4 Å². The Labute approximate surface area is 153 Å². The minimum Gasteiger partial charge on any atom is -0.338 e. The van der Waals surface area contributed by atoms with Crippen molar-refractivity contribution in [3.63, 3.8) is 0 Å². The second-order valence-corrected chi connectivity index (χ2v) is 6.42. The molecule has 0 unspecified atom stereocenters. The largest absolute Gasteiger partial charge is 0.338 e. The second kappa shape index (κ2) is 7.70. The van der Waals surface area contributed by atoms with Gasteiger partial charge in [0.25, 0.3) is 0 Å². The highest BCUT2D eigenvalue weighted by Gasteiger charge is 2.30. The Morgan fingerprint density at radius 1 is 1.15 bits per heavy atom. The van der Waals surface area contributed by atoms with Crippen LogP contribution in [0.25, 0.3) is 0 Å². The smallest absolute Gasteiger partial charge is 0.319 e. The van der Waals surface area contributed by atoms with Crippen LogP contribution in [0.5, 0.6) is 0 Å². The molecule has 2 aromatic carbocycles. The van der Waals surface area contributed by atoms with E-state index in [2.05, 4.69) is 10.6 Å². The fourth-order valence-corrected chi connectivity index (χ4v) is 2.93. The molecular weight excluding hydrogens is 364 g/mol. The Kier molecular flexibility index (Phi) is 5.37. The molecule has 1 aliphatic rings. The van der Waals surface area contributed by atoms with E-state index in [4.69, 9.17) is 11.6 Å². The molecule has 1 saturated heterocycles. The van der Waals surface area contributed by atoms with Crippen LogP contribution in [0.3, 0.4) is 0 Å². The summed E-state index contributed by atoms with van der Waals surface area (Å²) in [5.41, 5.74) is 0.232. The van der Waals surface area contributed by atoms with Crippen molar-refractivity contribution in [1.29, 1.82) is 0 Å². The molecule has 0 spiro atoms. The Hall–Kier alpha value is -2.67. The minimum absolute atomic E-state index is 0.0559. The molecular formula is C18H16ClF2N3O2. The number of carbonyl (C=O) groups is 2. The highest BCUT2D eigenvalue weighted by atomic mass is 35.5. The number of amides is 3. The first kappa shape index (κ1) is 18.1. The molecule has 0 saturated carbocycles. The molecule has 1 heterocycles. The van der Waals surface area contributed by atoms with Crippen molar-refractivity contribution in [1.82, 2.24) is 5.32 Å². The Morgan fingerprint density at radius 3 is 2.46 bits per heavy atom. The molecule has 0 aliphatic carbocycles. The molecule has 2 N–H and O–H groups in total. The van der Waals surface area contributed by atoms with E-state index < -0.39 is 23.4 Å². The number of rotatable bonds is 4. The van der Waals surface area contributed by atoms with Crippen LogP contribution in [0.2, 0.25) is 5.02 Å². The molecule has 0 bridgehead atoms. The van der Waals surface area contributed by atoms with Crippen LogP contribution in [-0.4, -0.2) is 25.0 Å². The maximum Gasteiger partial charge on any atom is 0.319 e. The first-order valence-corrected chi connectivity index (χ1v) is 8.36. The molecule has 8 heteroatoms. The fourth-order valence-electron chi connectivity index (χ4n) is 2.80. The summed E-state index contributed by atoms with van der Waals surface area (Å²) in [6.45, 7) is 0.645. The predicted molar refractivity (Wildman–Crippen MR) is 95.3 cm³/mol. The summed E-state index contributed by atoms with van der Waals surface area (Å²) in [7, 11) is 0. The van der Waals surface area contributed by atoms with Gasteiger partial charge in [-0.2, -0.15) is 0 Å². The third-order valence-corrected chi connectivity index (χ3v) is 4.35. The van der Waals surface area contributed by atoms with Gasteiger partial charge < -0.3 is 15.5 Å². The summed E-state index contributed by atoms with van der Waals surface area (Å²) in [5, 5.41) is 5.27. The molecule has 2 aromatic rings. The van der Waals surface area contributed by atoms with E-state index in [-0.39, 0.29) is 24.8 Å². The Morgan fingerprint density at radius 2 is 1.81 bits per heavy atom. The average molecular weight is 380 g/mol. The van der Waals surface area contributed by atoms with Gasteiger partial charge in [0.1, 0.15) is 17.3 Å².